The number of fused-ring (bicyclic) bond motifs is 1. The molecule has 0 aliphatic carbocycles. The minimum atomic E-state index is -3.66. The van der Waals surface area contributed by atoms with Gasteiger partial charge in [0.25, 0.3) is 0 Å². The van der Waals surface area contributed by atoms with Crippen LogP contribution in [0.1, 0.15) is 43.7 Å². The van der Waals surface area contributed by atoms with E-state index in [0.717, 1.165) is 34.7 Å². The summed E-state index contributed by atoms with van der Waals surface area (Å²) in [6.45, 7) is 3.71. The Morgan fingerprint density at radius 1 is 0.932 bits per heavy atom. The Labute approximate surface area is 268 Å². The van der Waals surface area contributed by atoms with E-state index in [0.29, 0.717) is 43.4 Å². The van der Waals surface area contributed by atoms with Crippen LogP contribution in [0.4, 0.5) is 5.69 Å². The van der Waals surface area contributed by atoms with Gasteiger partial charge in [0.2, 0.25) is 21.8 Å². The molecule has 1 N–H and O–H groups in total. The van der Waals surface area contributed by atoms with E-state index < -0.39 is 16.1 Å². The summed E-state index contributed by atoms with van der Waals surface area (Å²) in [6.07, 6.45) is 3.57. The Morgan fingerprint density at radius 2 is 1.66 bits per heavy atom. The summed E-state index contributed by atoms with van der Waals surface area (Å²) < 4.78 is 39.0. The van der Waals surface area contributed by atoms with Crippen LogP contribution >= 0.6 is 15.9 Å². The average Bonchev–Trinajstić information content (AvgIpc) is 3.00. The van der Waals surface area contributed by atoms with Gasteiger partial charge in [0.1, 0.15) is 19.3 Å². The molecule has 11 heteroatoms. The first-order valence-electron chi connectivity index (χ1n) is 14.9. The molecule has 1 heterocycles. The number of carbonyl (C=O) groups excluding carboxylic acids is 2. The maximum Gasteiger partial charge on any atom is 0.243 e. The molecule has 0 fully saturated rings. The summed E-state index contributed by atoms with van der Waals surface area (Å²) in [7, 11) is -3.66. The van der Waals surface area contributed by atoms with Gasteiger partial charge in [-0.05, 0) is 48.2 Å². The Morgan fingerprint density at radius 3 is 2.36 bits per heavy atom. The van der Waals surface area contributed by atoms with Gasteiger partial charge in [0.15, 0.2) is 11.5 Å². The number of hydrogen-bond donors (Lipinski definition) is 1. The Bertz CT molecular complexity index is 1520. The number of halogens is 1. The molecular weight excluding hydrogens is 646 g/mol. The number of nitrogens with one attached hydrogen (secondary N) is 1. The lowest BCUT2D eigenvalue weighted by Crippen LogP contribution is -2.50. The number of hydrogen-bond acceptors (Lipinski definition) is 6. The van der Waals surface area contributed by atoms with Crippen molar-refractivity contribution in [1.29, 1.82) is 0 Å². The molecule has 0 bridgehead atoms. The van der Waals surface area contributed by atoms with E-state index in [2.05, 4.69) is 28.2 Å². The van der Waals surface area contributed by atoms with Crippen LogP contribution < -0.4 is 19.1 Å². The first kappa shape index (κ1) is 33.3. The highest BCUT2D eigenvalue weighted by Gasteiger charge is 2.30. The maximum absolute atomic E-state index is 14.0. The average molecular weight is 687 g/mol. The molecule has 236 valence electrons. The van der Waals surface area contributed by atoms with Crippen molar-refractivity contribution in [2.24, 2.45) is 0 Å². The molecule has 3 aromatic rings. The van der Waals surface area contributed by atoms with Crippen LogP contribution in [-0.2, 0) is 32.6 Å². The molecule has 0 spiro atoms. The first-order valence-corrected chi connectivity index (χ1v) is 17.5. The number of benzene rings is 3. The summed E-state index contributed by atoms with van der Waals surface area (Å²) in [6, 6.07) is 21.6. The number of anilines is 1. The third kappa shape index (κ3) is 9.46. The molecule has 3 aromatic carbocycles. The van der Waals surface area contributed by atoms with E-state index in [1.54, 1.807) is 23.1 Å². The number of carbonyl (C=O) groups is 2. The van der Waals surface area contributed by atoms with Gasteiger partial charge in [-0.25, -0.2) is 8.42 Å². The fraction of sp³-hybridized carbons (Fsp3) is 0.394. The quantitative estimate of drug-likeness (QED) is 0.217. The zero-order valence-electron chi connectivity index (χ0n) is 25.2. The van der Waals surface area contributed by atoms with Crippen molar-refractivity contribution in [3.05, 3.63) is 88.4 Å². The Kier molecular flexibility index (Phi) is 12.1. The predicted molar refractivity (Wildman–Crippen MR) is 175 cm³/mol. The molecule has 0 saturated heterocycles. The molecule has 1 aliphatic rings. The van der Waals surface area contributed by atoms with Crippen molar-refractivity contribution >= 4 is 43.5 Å². The van der Waals surface area contributed by atoms with Gasteiger partial charge in [-0.2, -0.15) is 0 Å². The third-order valence-electron chi connectivity index (χ3n) is 7.31. The molecule has 44 heavy (non-hydrogen) atoms. The molecule has 1 aliphatic heterocycles. The van der Waals surface area contributed by atoms with E-state index in [4.69, 9.17) is 9.47 Å². The summed E-state index contributed by atoms with van der Waals surface area (Å²) in [4.78, 5) is 29.2. The highest BCUT2D eigenvalue weighted by Crippen LogP contribution is 2.35. The summed E-state index contributed by atoms with van der Waals surface area (Å²) in [5.41, 5.74) is 2.26. The molecule has 2 amide bonds. The van der Waals surface area contributed by atoms with E-state index in [1.807, 2.05) is 54.6 Å². The van der Waals surface area contributed by atoms with Crippen molar-refractivity contribution in [3.8, 4) is 11.5 Å². The minimum Gasteiger partial charge on any atom is -0.486 e. The number of ether oxygens (including phenoxy) is 2. The number of nitrogens with zero attached hydrogens (tertiary/aromatic N) is 2. The predicted octanol–water partition coefficient (Wildman–Crippen LogP) is 5.32. The number of sulfonamides is 1. The molecule has 4 rings (SSSR count). The fourth-order valence-corrected chi connectivity index (χ4v) is 6.49. The van der Waals surface area contributed by atoms with Gasteiger partial charge in [0.05, 0.1) is 11.9 Å². The smallest absolute Gasteiger partial charge is 0.243 e. The van der Waals surface area contributed by atoms with Crippen molar-refractivity contribution in [2.45, 2.75) is 51.6 Å². The van der Waals surface area contributed by atoms with Gasteiger partial charge < -0.3 is 19.7 Å². The van der Waals surface area contributed by atoms with Gasteiger partial charge in [0, 0.05) is 43.0 Å². The molecule has 1 unspecified atom stereocenters. The maximum atomic E-state index is 14.0. The van der Waals surface area contributed by atoms with Crippen molar-refractivity contribution in [1.82, 2.24) is 10.2 Å². The lowest BCUT2D eigenvalue weighted by atomic mass is 10.0. The van der Waals surface area contributed by atoms with Gasteiger partial charge in [-0.3, -0.25) is 13.9 Å². The lowest BCUT2D eigenvalue weighted by Gasteiger charge is -2.32. The highest BCUT2D eigenvalue weighted by atomic mass is 79.9. The molecule has 0 saturated carbocycles. The summed E-state index contributed by atoms with van der Waals surface area (Å²) in [5, 5.41) is 3.03. The lowest BCUT2D eigenvalue weighted by molar-refractivity contribution is -0.141. The Hall–Kier alpha value is -3.57. The van der Waals surface area contributed by atoms with Gasteiger partial charge >= 0.3 is 0 Å². The van der Waals surface area contributed by atoms with Crippen molar-refractivity contribution in [3.63, 3.8) is 0 Å². The zero-order chi connectivity index (χ0) is 31.5. The molecule has 0 aromatic heterocycles. The van der Waals surface area contributed by atoms with Crippen LogP contribution in [0.15, 0.2) is 77.3 Å². The largest absolute Gasteiger partial charge is 0.486 e. The number of unbranched alkanes of at least 4 members (excludes halogenated alkanes) is 1. The van der Waals surface area contributed by atoms with Crippen LogP contribution in [0.25, 0.3) is 0 Å². The molecule has 1 atom stereocenters. The third-order valence-corrected chi connectivity index (χ3v) is 9.00. The molecular formula is C33H40BrN3O6S. The SMILES string of the molecule is CCCCNC(=O)C(Cc1ccccc1)N(Cc1cccc(Br)c1)C(=O)CCCN(c1ccc2c(c1)OCCO2)S(C)(=O)=O. The standard InChI is InChI=1S/C33H40BrN3O6S/c1-3-4-17-35-33(39)29(22-25-10-6-5-7-11-25)36(24-26-12-8-13-27(34)21-26)32(38)14-9-18-37(44(2,40)41)28-15-16-30-31(23-28)43-20-19-42-30/h5-8,10-13,15-16,21,23,29H,3-4,9,14,17-20,22,24H2,1-2H3,(H,35,39). The summed E-state index contributed by atoms with van der Waals surface area (Å²) >= 11 is 3.51. The van der Waals surface area contributed by atoms with Gasteiger partial charge in [-0.15, -0.1) is 0 Å². The van der Waals surface area contributed by atoms with E-state index in [9.17, 15) is 18.0 Å². The number of rotatable bonds is 15. The Balaban J connectivity index is 1.56. The second-order valence-electron chi connectivity index (χ2n) is 10.8. The van der Waals surface area contributed by atoms with E-state index in [1.165, 1.54) is 4.31 Å². The summed E-state index contributed by atoms with van der Waals surface area (Å²) in [5.74, 6) is 0.608. The molecule has 9 nitrogen and oxygen atoms in total. The van der Waals surface area contributed by atoms with Crippen LogP contribution in [0.2, 0.25) is 0 Å². The van der Waals surface area contributed by atoms with Gasteiger partial charge in [-0.1, -0.05) is 71.7 Å². The van der Waals surface area contributed by atoms with Crippen LogP contribution in [0, 0.1) is 0 Å². The van der Waals surface area contributed by atoms with Crippen LogP contribution in [0.5, 0.6) is 11.5 Å². The van der Waals surface area contributed by atoms with E-state index >= 15 is 0 Å². The highest BCUT2D eigenvalue weighted by molar-refractivity contribution is 9.10. The molecule has 0 radical (unpaired) electrons. The van der Waals surface area contributed by atoms with E-state index in [-0.39, 0.29) is 37.7 Å². The topological polar surface area (TPSA) is 105 Å². The second-order valence-corrected chi connectivity index (χ2v) is 13.6. The fourth-order valence-electron chi connectivity index (χ4n) is 5.08. The zero-order valence-corrected chi connectivity index (χ0v) is 27.6. The van der Waals surface area contributed by atoms with Crippen LogP contribution in [0.3, 0.4) is 0 Å². The first-order chi connectivity index (χ1) is 21.2. The normalized spacial score (nSPS) is 13.2. The minimum absolute atomic E-state index is 0.0537. The van der Waals surface area contributed by atoms with Crippen molar-refractivity contribution in [2.75, 3.05) is 36.9 Å². The number of amides is 2. The van der Waals surface area contributed by atoms with Crippen molar-refractivity contribution < 1.29 is 27.5 Å². The monoisotopic (exact) mass is 685 g/mol. The second kappa shape index (κ2) is 15.9. The van der Waals surface area contributed by atoms with Crippen LogP contribution in [-0.4, -0.2) is 63.7 Å².